The second-order valence-corrected chi connectivity index (χ2v) is 7.89. The summed E-state index contributed by atoms with van der Waals surface area (Å²) in [6.07, 6.45) is 0.325. The number of nitrogens with zero attached hydrogens (tertiary/aromatic N) is 3. The number of fused-ring (bicyclic) bond motifs is 1. The van der Waals surface area contributed by atoms with Crippen molar-refractivity contribution in [3.8, 4) is 0 Å². The van der Waals surface area contributed by atoms with Crippen LogP contribution in [0.2, 0.25) is 0 Å². The summed E-state index contributed by atoms with van der Waals surface area (Å²) in [5, 5.41) is 0. The van der Waals surface area contributed by atoms with Crippen LogP contribution in [0.4, 0.5) is 10.1 Å². The van der Waals surface area contributed by atoms with Crippen LogP contribution in [0.25, 0.3) is 11.0 Å². The second-order valence-electron chi connectivity index (χ2n) is 7.89. The van der Waals surface area contributed by atoms with Crippen LogP contribution in [0.1, 0.15) is 29.3 Å². The minimum atomic E-state index is -0.375. The number of hydrogen-bond acceptors (Lipinski definition) is 2. The normalized spacial score (nSPS) is 16.5. The number of carbonyl (C=O) groups is 1. The minimum absolute atomic E-state index is 0.0703. The van der Waals surface area contributed by atoms with Gasteiger partial charge in [-0.2, -0.15) is 0 Å². The van der Waals surface area contributed by atoms with Crippen LogP contribution in [-0.4, -0.2) is 22.0 Å². The Morgan fingerprint density at radius 2 is 1.73 bits per heavy atom. The van der Waals surface area contributed by atoms with Gasteiger partial charge in [0.2, 0.25) is 5.91 Å². The third-order valence-electron chi connectivity index (χ3n) is 5.78. The number of hydrogen-bond donors (Lipinski definition) is 0. The number of carbonyl (C=O) groups excluding carboxylic acids is 1. The monoisotopic (exact) mass is 399 g/mol. The van der Waals surface area contributed by atoms with E-state index in [1.165, 1.54) is 17.2 Å². The third-order valence-corrected chi connectivity index (χ3v) is 5.78. The average molecular weight is 399 g/mol. The van der Waals surface area contributed by atoms with Crippen LogP contribution in [0, 0.1) is 12.7 Å². The van der Waals surface area contributed by atoms with Crippen molar-refractivity contribution in [2.75, 3.05) is 11.4 Å². The molecule has 5 rings (SSSR count). The van der Waals surface area contributed by atoms with Gasteiger partial charge < -0.3 is 9.47 Å². The molecule has 0 spiro atoms. The third kappa shape index (κ3) is 3.26. The lowest BCUT2D eigenvalue weighted by Gasteiger charge is -2.18. The Balaban J connectivity index is 1.53. The summed E-state index contributed by atoms with van der Waals surface area (Å²) in [5.41, 5.74) is 4.70. The number of para-hydroxylation sites is 3. The Hall–Kier alpha value is -3.47. The van der Waals surface area contributed by atoms with E-state index in [0.717, 1.165) is 16.9 Å². The average Bonchev–Trinajstić information content (AvgIpc) is 3.31. The van der Waals surface area contributed by atoms with Crippen LogP contribution in [0.15, 0.2) is 72.8 Å². The van der Waals surface area contributed by atoms with Gasteiger partial charge in [-0.15, -0.1) is 0 Å². The lowest BCUT2D eigenvalue weighted by Crippen LogP contribution is -2.25. The van der Waals surface area contributed by atoms with Gasteiger partial charge in [0.1, 0.15) is 11.6 Å². The standard InChI is InChI=1S/C25H22FN3O/c1-17-10-12-18(13-11-17)15-29-23-9-5-3-7-21(23)27-25(29)19-14-24(30)28(16-19)22-8-4-2-6-20(22)26/h2-13,19H,14-16H2,1H3/t19-/m1/s1. The van der Waals surface area contributed by atoms with E-state index < -0.39 is 0 Å². The quantitative estimate of drug-likeness (QED) is 0.481. The molecule has 0 unspecified atom stereocenters. The molecule has 1 aliphatic rings. The first kappa shape index (κ1) is 18.6. The lowest BCUT2D eigenvalue weighted by atomic mass is 10.1. The number of imidazole rings is 1. The largest absolute Gasteiger partial charge is 0.323 e. The zero-order valence-electron chi connectivity index (χ0n) is 16.8. The van der Waals surface area contributed by atoms with Crippen molar-refractivity contribution in [3.63, 3.8) is 0 Å². The van der Waals surface area contributed by atoms with Crippen LogP contribution in [-0.2, 0) is 11.3 Å². The number of halogens is 1. The van der Waals surface area contributed by atoms with Crippen molar-refractivity contribution in [1.29, 1.82) is 0 Å². The molecule has 0 saturated carbocycles. The number of amides is 1. The highest BCUT2D eigenvalue weighted by molar-refractivity contribution is 5.96. The molecule has 1 fully saturated rings. The number of anilines is 1. The number of aromatic nitrogens is 2. The molecule has 0 aliphatic carbocycles. The molecular weight excluding hydrogens is 377 g/mol. The van der Waals surface area contributed by atoms with E-state index in [1.54, 1.807) is 23.1 Å². The van der Waals surface area contributed by atoms with Crippen LogP contribution >= 0.6 is 0 Å². The summed E-state index contributed by atoms with van der Waals surface area (Å²) in [6.45, 7) is 3.18. The van der Waals surface area contributed by atoms with Gasteiger partial charge in [-0.05, 0) is 36.8 Å². The van der Waals surface area contributed by atoms with Gasteiger partial charge in [-0.3, -0.25) is 4.79 Å². The van der Waals surface area contributed by atoms with Crippen molar-refractivity contribution in [3.05, 3.63) is 95.6 Å². The lowest BCUT2D eigenvalue weighted by molar-refractivity contribution is -0.117. The summed E-state index contributed by atoms with van der Waals surface area (Å²) >= 11 is 0. The number of aryl methyl sites for hydroxylation is 1. The highest BCUT2D eigenvalue weighted by Gasteiger charge is 2.35. The molecule has 0 N–H and O–H groups in total. The van der Waals surface area contributed by atoms with Crippen molar-refractivity contribution in [2.24, 2.45) is 0 Å². The molecule has 4 nitrogen and oxygen atoms in total. The van der Waals surface area contributed by atoms with E-state index in [-0.39, 0.29) is 17.6 Å². The molecule has 30 heavy (non-hydrogen) atoms. The second kappa shape index (κ2) is 7.41. The van der Waals surface area contributed by atoms with Gasteiger partial charge >= 0.3 is 0 Å². The summed E-state index contributed by atoms with van der Waals surface area (Å²) in [4.78, 5) is 19.2. The fourth-order valence-electron chi connectivity index (χ4n) is 4.23. The zero-order chi connectivity index (χ0) is 20.7. The highest BCUT2D eigenvalue weighted by Crippen LogP contribution is 2.34. The maximum atomic E-state index is 14.3. The van der Waals surface area contributed by atoms with E-state index in [4.69, 9.17) is 4.98 Å². The van der Waals surface area contributed by atoms with Gasteiger partial charge in [0.25, 0.3) is 0 Å². The van der Waals surface area contributed by atoms with Gasteiger partial charge in [-0.25, -0.2) is 9.37 Å². The maximum absolute atomic E-state index is 14.3. The van der Waals surface area contributed by atoms with Gasteiger partial charge in [0.05, 0.1) is 16.7 Å². The smallest absolute Gasteiger partial charge is 0.227 e. The predicted molar refractivity (Wildman–Crippen MR) is 116 cm³/mol. The van der Waals surface area contributed by atoms with E-state index in [2.05, 4.69) is 41.8 Å². The fraction of sp³-hybridized carbons (Fsp3) is 0.200. The Bertz CT molecular complexity index is 1230. The van der Waals surface area contributed by atoms with Crippen LogP contribution in [0.3, 0.4) is 0 Å². The number of rotatable bonds is 4. The van der Waals surface area contributed by atoms with Crippen molar-refractivity contribution >= 4 is 22.6 Å². The molecule has 5 heteroatoms. The SMILES string of the molecule is Cc1ccc(Cn2c([C@@H]3CC(=O)N(c4ccccc4F)C3)nc3ccccc32)cc1. The van der Waals surface area contributed by atoms with E-state index >= 15 is 0 Å². The predicted octanol–water partition coefficient (Wildman–Crippen LogP) is 5.05. The molecule has 1 amide bonds. The first-order valence-electron chi connectivity index (χ1n) is 10.2. The summed E-state index contributed by atoms with van der Waals surface area (Å²) in [6, 6.07) is 22.9. The van der Waals surface area contributed by atoms with Crippen LogP contribution < -0.4 is 4.90 Å². The molecule has 1 saturated heterocycles. The molecule has 4 aromatic rings. The molecule has 3 aromatic carbocycles. The molecule has 150 valence electrons. The first-order valence-corrected chi connectivity index (χ1v) is 10.2. The molecule has 1 aromatic heterocycles. The minimum Gasteiger partial charge on any atom is -0.323 e. The van der Waals surface area contributed by atoms with Crippen molar-refractivity contribution < 1.29 is 9.18 Å². The molecule has 0 radical (unpaired) electrons. The Morgan fingerprint density at radius 1 is 1.00 bits per heavy atom. The topological polar surface area (TPSA) is 38.1 Å². The van der Waals surface area contributed by atoms with E-state index in [0.29, 0.717) is 25.2 Å². The Labute approximate surface area is 174 Å². The first-order chi connectivity index (χ1) is 14.6. The summed E-state index contributed by atoms with van der Waals surface area (Å²) < 4.78 is 16.5. The van der Waals surface area contributed by atoms with Gasteiger partial charge in [0.15, 0.2) is 0 Å². The molecule has 0 bridgehead atoms. The maximum Gasteiger partial charge on any atom is 0.227 e. The van der Waals surface area contributed by atoms with E-state index in [9.17, 15) is 9.18 Å². The molecule has 2 heterocycles. The molecule has 1 aliphatic heterocycles. The number of benzene rings is 3. The Morgan fingerprint density at radius 3 is 2.53 bits per heavy atom. The Kier molecular flexibility index (Phi) is 4.58. The summed E-state index contributed by atoms with van der Waals surface area (Å²) in [7, 11) is 0. The van der Waals surface area contributed by atoms with E-state index in [1.807, 2.05) is 18.2 Å². The summed E-state index contributed by atoms with van der Waals surface area (Å²) in [5.74, 6) is 0.345. The molecular formula is C25H22FN3O. The van der Waals surface area contributed by atoms with Crippen molar-refractivity contribution in [1.82, 2.24) is 9.55 Å². The van der Waals surface area contributed by atoms with Crippen LogP contribution in [0.5, 0.6) is 0 Å². The van der Waals surface area contributed by atoms with Crippen molar-refractivity contribution in [2.45, 2.75) is 25.8 Å². The fourth-order valence-corrected chi connectivity index (χ4v) is 4.23. The van der Waals surface area contributed by atoms with Gasteiger partial charge in [0, 0.05) is 25.4 Å². The molecule has 1 atom stereocenters. The van der Waals surface area contributed by atoms with Gasteiger partial charge in [-0.1, -0.05) is 54.1 Å². The zero-order valence-corrected chi connectivity index (χ0v) is 16.8. The highest BCUT2D eigenvalue weighted by atomic mass is 19.1.